The van der Waals surface area contributed by atoms with Crippen LogP contribution < -0.4 is 10.6 Å². The molecule has 1 aliphatic carbocycles. The highest BCUT2D eigenvalue weighted by Crippen LogP contribution is 2.28. The van der Waals surface area contributed by atoms with Crippen LogP contribution in [-0.2, 0) is 12.8 Å². The lowest BCUT2D eigenvalue weighted by Gasteiger charge is -2.23. The minimum atomic E-state index is -0.211. The van der Waals surface area contributed by atoms with Crippen molar-refractivity contribution in [2.24, 2.45) is 0 Å². The quantitative estimate of drug-likeness (QED) is 0.370. The molecule has 1 aromatic carbocycles. The van der Waals surface area contributed by atoms with Crippen molar-refractivity contribution in [2.45, 2.75) is 51.0 Å². The van der Waals surface area contributed by atoms with Crippen LogP contribution >= 0.6 is 0 Å². The summed E-state index contributed by atoms with van der Waals surface area (Å²) >= 11 is 0. The van der Waals surface area contributed by atoms with E-state index in [1.807, 2.05) is 36.5 Å². The predicted molar refractivity (Wildman–Crippen MR) is 130 cm³/mol. The first-order valence-electron chi connectivity index (χ1n) is 11.7. The molecule has 0 radical (unpaired) electrons. The first kappa shape index (κ1) is 21.1. The fourth-order valence-electron chi connectivity index (χ4n) is 4.47. The molecule has 5 rings (SSSR count). The average molecular weight is 441 g/mol. The van der Waals surface area contributed by atoms with Crippen LogP contribution in [0.15, 0.2) is 60.9 Å². The third kappa shape index (κ3) is 5.03. The maximum Gasteiger partial charge on any atom is 0.274 e. The SMILES string of the molecule is O=C(Nc1ccc(CCc2n[nH]c3ccnc(NC4CCCCC4)c23)cc1)c1ccccn1. The van der Waals surface area contributed by atoms with E-state index in [1.165, 1.54) is 37.7 Å². The lowest BCUT2D eigenvalue weighted by atomic mass is 9.95. The van der Waals surface area contributed by atoms with Gasteiger partial charge >= 0.3 is 0 Å². The van der Waals surface area contributed by atoms with E-state index in [4.69, 9.17) is 0 Å². The Bertz CT molecular complexity index is 1210. The van der Waals surface area contributed by atoms with Gasteiger partial charge in [-0.3, -0.25) is 14.9 Å². The van der Waals surface area contributed by atoms with E-state index in [0.717, 1.165) is 40.9 Å². The Morgan fingerprint density at radius 3 is 2.58 bits per heavy atom. The van der Waals surface area contributed by atoms with Gasteiger partial charge in [0.2, 0.25) is 0 Å². The number of carbonyl (C=O) groups is 1. The average Bonchev–Trinajstić information content (AvgIpc) is 3.29. The fourth-order valence-corrected chi connectivity index (χ4v) is 4.47. The molecule has 1 aliphatic rings. The van der Waals surface area contributed by atoms with Gasteiger partial charge in [-0.15, -0.1) is 0 Å². The van der Waals surface area contributed by atoms with E-state index in [9.17, 15) is 4.79 Å². The van der Waals surface area contributed by atoms with E-state index in [1.54, 1.807) is 24.4 Å². The Morgan fingerprint density at radius 1 is 0.939 bits per heavy atom. The number of hydrogen-bond donors (Lipinski definition) is 3. The number of aryl methyl sites for hydroxylation is 2. The molecule has 1 amide bonds. The van der Waals surface area contributed by atoms with Crippen LogP contribution in [0.3, 0.4) is 0 Å². The first-order valence-corrected chi connectivity index (χ1v) is 11.7. The molecule has 0 aliphatic heterocycles. The van der Waals surface area contributed by atoms with Crippen LogP contribution in [0.5, 0.6) is 0 Å². The van der Waals surface area contributed by atoms with Gasteiger partial charge in [-0.1, -0.05) is 37.5 Å². The van der Waals surface area contributed by atoms with Crippen molar-refractivity contribution in [1.82, 2.24) is 20.2 Å². The summed E-state index contributed by atoms with van der Waals surface area (Å²) in [6, 6.07) is 15.7. The number of nitrogens with one attached hydrogen (secondary N) is 3. The van der Waals surface area contributed by atoms with Crippen molar-refractivity contribution in [3.05, 3.63) is 77.9 Å². The number of hydrogen-bond acceptors (Lipinski definition) is 5. The van der Waals surface area contributed by atoms with Gasteiger partial charge in [0.1, 0.15) is 11.5 Å². The molecule has 0 unspecified atom stereocenters. The molecular weight excluding hydrogens is 412 g/mol. The maximum absolute atomic E-state index is 12.3. The number of nitrogens with zero attached hydrogens (tertiary/aromatic N) is 3. The highest BCUT2D eigenvalue weighted by atomic mass is 16.1. The Hall–Kier alpha value is -3.74. The van der Waals surface area contributed by atoms with Crippen LogP contribution in [0.1, 0.15) is 53.8 Å². The Labute approximate surface area is 193 Å². The molecule has 3 aromatic heterocycles. The van der Waals surface area contributed by atoms with Crippen LogP contribution in [0.2, 0.25) is 0 Å². The summed E-state index contributed by atoms with van der Waals surface area (Å²) in [6.07, 6.45) is 11.4. The zero-order chi connectivity index (χ0) is 22.5. The number of fused-ring (bicyclic) bond motifs is 1. The summed E-state index contributed by atoms with van der Waals surface area (Å²) in [4.78, 5) is 21.0. The van der Waals surface area contributed by atoms with Gasteiger partial charge < -0.3 is 10.6 Å². The van der Waals surface area contributed by atoms with Gasteiger partial charge in [-0.05, 0) is 61.6 Å². The third-order valence-electron chi connectivity index (χ3n) is 6.26. The van der Waals surface area contributed by atoms with Crippen molar-refractivity contribution in [3.8, 4) is 0 Å². The number of aromatic amines is 1. The molecule has 1 fully saturated rings. The molecule has 7 heteroatoms. The summed E-state index contributed by atoms with van der Waals surface area (Å²) in [5.41, 5.74) is 4.39. The zero-order valence-corrected chi connectivity index (χ0v) is 18.6. The normalized spacial score (nSPS) is 14.3. The van der Waals surface area contributed by atoms with Crippen LogP contribution in [0.25, 0.3) is 10.9 Å². The molecule has 168 valence electrons. The third-order valence-corrected chi connectivity index (χ3v) is 6.26. The molecule has 4 aromatic rings. The van der Waals surface area contributed by atoms with Crippen LogP contribution in [0.4, 0.5) is 11.5 Å². The summed E-state index contributed by atoms with van der Waals surface area (Å²) in [5, 5.41) is 15.4. The number of carbonyl (C=O) groups excluding carboxylic acids is 1. The van der Waals surface area contributed by atoms with Crippen molar-refractivity contribution in [1.29, 1.82) is 0 Å². The number of anilines is 2. The monoisotopic (exact) mass is 440 g/mol. The molecule has 3 heterocycles. The molecule has 3 N–H and O–H groups in total. The molecule has 0 spiro atoms. The van der Waals surface area contributed by atoms with Crippen LogP contribution in [0, 0.1) is 0 Å². The summed E-state index contributed by atoms with van der Waals surface area (Å²) < 4.78 is 0. The largest absolute Gasteiger partial charge is 0.367 e. The summed E-state index contributed by atoms with van der Waals surface area (Å²) in [6.45, 7) is 0. The van der Waals surface area contributed by atoms with Crippen molar-refractivity contribution in [3.63, 3.8) is 0 Å². The molecule has 7 nitrogen and oxygen atoms in total. The Balaban J connectivity index is 1.24. The highest BCUT2D eigenvalue weighted by Gasteiger charge is 2.17. The molecular formula is C26H28N6O. The van der Waals surface area contributed by atoms with Crippen molar-refractivity contribution in [2.75, 3.05) is 10.6 Å². The lowest BCUT2D eigenvalue weighted by Crippen LogP contribution is -2.23. The zero-order valence-electron chi connectivity index (χ0n) is 18.6. The van der Waals surface area contributed by atoms with E-state index < -0.39 is 0 Å². The predicted octanol–water partition coefficient (Wildman–Crippen LogP) is 5.14. The van der Waals surface area contributed by atoms with Crippen molar-refractivity contribution >= 4 is 28.3 Å². The second-order valence-corrected chi connectivity index (χ2v) is 8.60. The highest BCUT2D eigenvalue weighted by molar-refractivity contribution is 6.02. The van der Waals surface area contributed by atoms with Gasteiger partial charge in [0, 0.05) is 24.1 Å². The number of amides is 1. The number of aromatic nitrogens is 4. The second kappa shape index (κ2) is 9.81. The standard InChI is InChI=1S/C26H28N6O/c33-26(23-8-4-5-16-27-23)30-20-12-9-18(10-13-20)11-14-21-24-22(32-31-21)15-17-28-25(24)29-19-6-2-1-3-7-19/h4-5,8-10,12-13,15-17,19H,1-3,6-7,11,14H2,(H,28,29)(H,30,33)(H,31,32). The second-order valence-electron chi connectivity index (χ2n) is 8.60. The van der Waals surface area contributed by atoms with E-state index in [0.29, 0.717) is 11.7 Å². The smallest absolute Gasteiger partial charge is 0.274 e. The van der Waals surface area contributed by atoms with Gasteiger partial charge in [0.05, 0.1) is 16.6 Å². The fraction of sp³-hybridized carbons (Fsp3) is 0.308. The molecule has 0 bridgehead atoms. The number of pyridine rings is 2. The Morgan fingerprint density at radius 2 is 1.79 bits per heavy atom. The molecule has 1 saturated carbocycles. The van der Waals surface area contributed by atoms with E-state index in [-0.39, 0.29) is 5.91 Å². The maximum atomic E-state index is 12.3. The summed E-state index contributed by atoms with van der Waals surface area (Å²) in [7, 11) is 0. The van der Waals surface area contributed by atoms with E-state index in [2.05, 4.69) is 30.8 Å². The first-order chi connectivity index (χ1) is 16.3. The van der Waals surface area contributed by atoms with E-state index >= 15 is 0 Å². The molecule has 0 saturated heterocycles. The van der Waals surface area contributed by atoms with Gasteiger partial charge in [-0.2, -0.15) is 5.10 Å². The minimum absolute atomic E-state index is 0.211. The van der Waals surface area contributed by atoms with Gasteiger partial charge in [0.15, 0.2) is 0 Å². The molecule has 0 atom stereocenters. The minimum Gasteiger partial charge on any atom is -0.367 e. The molecule has 33 heavy (non-hydrogen) atoms. The van der Waals surface area contributed by atoms with Crippen LogP contribution in [-0.4, -0.2) is 32.1 Å². The van der Waals surface area contributed by atoms with Gasteiger partial charge in [-0.25, -0.2) is 4.98 Å². The number of rotatable bonds is 7. The number of H-pyrrole nitrogens is 1. The van der Waals surface area contributed by atoms with Gasteiger partial charge in [0.25, 0.3) is 5.91 Å². The van der Waals surface area contributed by atoms with Crippen molar-refractivity contribution < 1.29 is 4.79 Å². The summed E-state index contributed by atoms with van der Waals surface area (Å²) in [5.74, 6) is 0.729. The lowest BCUT2D eigenvalue weighted by molar-refractivity contribution is 0.102. The Kier molecular flexibility index (Phi) is 6.28. The topological polar surface area (TPSA) is 95.6 Å². The number of benzene rings is 1.